The second-order valence-electron chi connectivity index (χ2n) is 4.39. The summed E-state index contributed by atoms with van der Waals surface area (Å²) < 4.78 is 12.9. The van der Waals surface area contributed by atoms with Gasteiger partial charge in [0.25, 0.3) is 0 Å². The van der Waals surface area contributed by atoms with Gasteiger partial charge in [-0.05, 0) is 42.3 Å². The van der Waals surface area contributed by atoms with Crippen LogP contribution in [-0.4, -0.2) is 0 Å². The van der Waals surface area contributed by atoms with Crippen LogP contribution in [0.15, 0.2) is 42.5 Å². The minimum Gasteiger partial charge on any atom is -0.306 e. The molecule has 0 aliphatic rings. The van der Waals surface area contributed by atoms with Gasteiger partial charge in [-0.25, -0.2) is 4.39 Å². The Balaban J connectivity index is 2.02. The molecule has 1 unspecified atom stereocenters. The summed E-state index contributed by atoms with van der Waals surface area (Å²) >= 11 is 11.9. The molecular formula is C15H14Cl2FN. The first-order chi connectivity index (χ1) is 9.06. The summed E-state index contributed by atoms with van der Waals surface area (Å²) in [6, 6.07) is 12.3. The molecule has 0 radical (unpaired) electrons. The minimum absolute atomic E-state index is 0.139. The molecule has 0 aliphatic carbocycles. The number of hydrogen-bond acceptors (Lipinski definition) is 1. The lowest BCUT2D eigenvalue weighted by molar-refractivity contribution is 0.573. The van der Waals surface area contributed by atoms with Crippen LogP contribution in [0.2, 0.25) is 10.0 Å². The molecule has 1 N–H and O–H groups in total. The third-order valence-electron chi connectivity index (χ3n) is 2.96. The Morgan fingerprint density at radius 3 is 2.63 bits per heavy atom. The highest BCUT2D eigenvalue weighted by Gasteiger charge is 2.07. The van der Waals surface area contributed by atoms with Gasteiger partial charge in [0, 0.05) is 22.6 Å². The summed E-state index contributed by atoms with van der Waals surface area (Å²) in [5, 5.41) is 4.49. The van der Waals surface area contributed by atoms with Gasteiger partial charge in [0.1, 0.15) is 5.82 Å². The molecule has 100 valence electrons. The molecule has 4 heteroatoms. The van der Waals surface area contributed by atoms with E-state index < -0.39 is 0 Å². The fraction of sp³-hybridized carbons (Fsp3) is 0.200. The molecule has 1 nitrogen and oxygen atoms in total. The average Bonchev–Trinajstić information content (AvgIpc) is 2.37. The van der Waals surface area contributed by atoms with Crippen molar-refractivity contribution in [3.05, 3.63) is 69.5 Å². The molecule has 0 amide bonds. The maximum Gasteiger partial charge on any atom is 0.124 e. The van der Waals surface area contributed by atoms with Crippen LogP contribution in [0.4, 0.5) is 4.39 Å². The molecule has 19 heavy (non-hydrogen) atoms. The second-order valence-corrected chi connectivity index (χ2v) is 5.24. The third kappa shape index (κ3) is 3.93. The van der Waals surface area contributed by atoms with Crippen LogP contribution in [-0.2, 0) is 6.54 Å². The van der Waals surface area contributed by atoms with Gasteiger partial charge in [-0.2, -0.15) is 0 Å². The monoisotopic (exact) mass is 297 g/mol. The van der Waals surface area contributed by atoms with E-state index in [4.69, 9.17) is 23.2 Å². The highest BCUT2D eigenvalue weighted by atomic mass is 35.5. The number of rotatable bonds is 4. The molecule has 0 aliphatic heterocycles. The summed E-state index contributed by atoms with van der Waals surface area (Å²) in [7, 11) is 0. The van der Waals surface area contributed by atoms with Gasteiger partial charge >= 0.3 is 0 Å². The van der Waals surface area contributed by atoms with Crippen LogP contribution in [0.3, 0.4) is 0 Å². The van der Waals surface area contributed by atoms with E-state index in [0.29, 0.717) is 16.6 Å². The summed E-state index contributed by atoms with van der Waals surface area (Å²) in [5.74, 6) is -0.323. The maximum absolute atomic E-state index is 12.9. The van der Waals surface area contributed by atoms with Gasteiger partial charge < -0.3 is 5.32 Å². The molecule has 0 saturated heterocycles. The van der Waals surface area contributed by atoms with Gasteiger partial charge in [0.2, 0.25) is 0 Å². The Morgan fingerprint density at radius 1 is 1.16 bits per heavy atom. The predicted molar refractivity (Wildman–Crippen MR) is 78.1 cm³/mol. The van der Waals surface area contributed by atoms with Crippen molar-refractivity contribution >= 4 is 23.2 Å². The normalized spacial score (nSPS) is 12.4. The highest BCUT2D eigenvalue weighted by molar-refractivity contribution is 6.31. The Morgan fingerprint density at radius 2 is 1.95 bits per heavy atom. The molecular weight excluding hydrogens is 284 g/mol. The van der Waals surface area contributed by atoms with Crippen LogP contribution in [0.1, 0.15) is 24.1 Å². The zero-order valence-electron chi connectivity index (χ0n) is 10.5. The summed E-state index contributed by atoms with van der Waals surface area (Å²) in [6.45, 7) is 2.62. The van der Waals surface area contributed by atoms with Crippen molar-refractivity contribution in [2.45, 2.75) is 19.5 Å². The molecule has 2 rings (SSSR count). The molecule has 0 bridgehead atoms. The number of halogens is 3. The van der Waals surface area contributed by atoms with Crippen molar-refractivity contribution in [1.29, 1.82) is 0 Å². The molecule has 2 aromatic carbocycles. The topological polar surface area (TPSA) is 12.0 Å². The van der Waals surface area contributed by atoms with Crippen LogP contribution in [0.5, 0.6) is 0 Å². The van der Waals surface area contributed by atoms with Gasteiger partial charge in [-0.1, -0.05) is 41.4 Å². The number of benzene rings is 2. The van der Waals surface area contributed by atoms with E-state index in [1.54, 1.807) is 6.07 Å². The third-order valence-corrected chi connectivity index (χ3v) is 3.55. The van der Waals surface area contributed by atoms with E-state index in [1.807, 2.05) is 31.2 Å². The first kappa shape index (κ1) is 14.3. The van der Waals surface area contributed by atoms with Crippen LogP contribution in [0, 0.1) is 5.82 Å². The van der Waals surface area contributed by atoms with E-state index >= 15 is 0 Å². The van der Waals surface area contributed by atoms with E-state index in [0.717, 1.165) is 11.1 Å². The lowest BCUT2D eigenvalue weighted by Crippen LogP contribution is -2.18. The first-order valence-corrected chi connectivity index (χ1v) is 6.74. The maximum atomic E-state index is 12.9. The summed E-state index contributed by atoms with van der Waals surface area (Å²) in [4.78, 5) is 0. The smallest absolute Gasteiger partial charge is 0.124 e. The van der Waals surface area contributed by atoms with Gasteiger partial charge in [0.15, 0.2) is 0 Å². The Labute approximate surface area is 122 Å². The molecule has 2 aromatic rings. The van der Waals surface area contributed by atoms with E-state index in [-0.39, 0.29) is 11.9 Å². The molecule has 0 fully saturated rings. The van der Waals surface area contributed by atoms with Gasteiger partial charge in [-0.15, -0.1) is 0 Å². The molecule has 1 atom stereocenters. The largest absolute Gasteiger partial charge is 0.306 e. The first-order valence-electron chi connectivity index (χ1n) is 5.99. The van der Waals surface area contributed by atoms with Crippen LogP contribution >= 0.6 is 23.2 Å². The van der Waals surface area contributed by atoms with Crippen molar-refractivity contribution < 1.29 is 4.39 Å². The minimum atomic E-state index is -0.323. The van der Waals surface area contributed by atoms with Crippen molar-refractivity contribution in [3.63, 3.8) is 0 Å². The van der Waals surface area contributed by atoms with Crippen molar-refractivity contribution in [2.75, 3.05) is 0 Å². The quantitative estimate of drug-likeness (QED) is 0.839. The standard InChI is InChI=1S/C15H14Cl2FN/c1-10(11-3-2-4-13(16)7-11)19-9-12-5-6-14(18)8-15(12)17/h2-8,10,19H,9H2,1H3. The zero-order valence-corrected chi connectivity index (χ0v) is 12.0. The summed E-state index contributed by atoms with van der Waals surface area (Å²) in [5.41, 5.74) is 1.97. The highest BCUT2D eigenvalue weighted by Crippen LogP contribution is 2.20. The van der Waals surface area contributed by atoms with E-state index in [2.05, 4.69) is 5.32 Å². The zero-order chi connectivity index (χ0) is 13.8. The number of hydrogen-bond donors (Lipinski definition) is 1. The lowest BCUT2D eigenvalue weighted by atomic mass is 10.1. The second kappa shape index (κ2) is 6.38. The Bertz CT molecular complexity index is 572. The van der Waals surface area contributed by atoms with Gasteiger partial charge in [0.05, 0.1) is 0 Å². The van der Waals surface area contributed by atoms with Crippen molar-refractivity contribution in [2.24, 2.45) is 0 Å². The number of nitrogens with one attached hydrogen (secondary N) is 1. The van der Waals surface area contributed by atoms with Crippen molar-refractivity contribution in [1.82, 2.24) is 5.32 Å². The average molecular weight is 298 g/mol. The van der Waals surface area contributed by atoms with E-state index in [9.17, 15) is 4.39 Å². The van der Waals surface area contributed by atoms with Crippen LogP contribution in [0.25, 0.3) is 0 Å². The predicted octanol–water partition coefficient (Wildman–Crippen LogP) is 4.98. The molecule has 0 saturated carbocycles. The Kier molecular flexibility index (Phi) is 4.81. The summed E-state index contributed by atoms with van der Waals surface area (Å²) in [6.07, 6.45) is 0. The van der Waals surface area contributed by atoms with Gasteiger partial charge in [-0.3, -0.25) is 0 Å². The molecule has 0 aromatic heterocycles. The SMILES string of the molecule is CC(NCc1ccc(F)cc1Cl)c1cccc(Cl)c1. The Hall–Kier alpha value is -1.09. The molecule has 0 heterocycles. The van der Waals surface area contributed by atoms with E-state index in [1.165, 1.54) is 12.1 Å². The van der Waals surface area contributed by atoms with Crippen molar-refractivity contribution in [3.8, 4) is 0 Å². The molecule has 0 spiro atoms. The fourth-order valence-corrected chi connectivity index (χ4v) is 2.25. The van der Waals surface area contributed by atoms with Crippen LogP contribution < -0.4 is 5.32 Å². The lowest BCUT2D eigenvalue weighted by Gasteiger charge is -2.15. The fourth-order valence-electron chi connectivity index (χ4n) is 1.82.